The lowest BCUT2D eigenvalue weighted by Crippen LogP contribution is -2.44. The van der Waals surface area contributed by atoms with E-state index < -0.39 is 20.4 Å². The SMILES string of the molecule is CC(C)(C)[Si](C)(C)OC[C@@H]1[C@@H](OC2CCCCO2)CC(O)[C@H]1C/C=C\CCCC(=O)O. The number of rotatable bonds is 11. The molecule has 1 aliphatic heterocycles. The molecule has 31 heavy (non-hydrogen) atoms. The van der Waals surface area contributed by atoms with Crippen molar-refractivity contribution in [2.75, 3.05) is 13.2 Å². The van der Waals surface area contributed by atoms with Crippen LogP contribution in [-0.2, 0) is 18.7 Å². The molecule has 2 rings (SSSR count). The van der Waals surface area contributed by atoms with E-state index in [0.717, 1.165) is 38.7 Å². The van der Waals surface area contributed by atoms with E-state index >= 15 is 0 Å². The molecule has 7 heteroatoms. The molecule has 1 aliphatic carbocycles. The van der Waals surface area contributed by atoms with E-state index in [0.29, 0.717) is 19.4 Å². The van der Waals surface area contributed by atoms with E-state index in [-0.39, 0.29) is 35.7 Å². The third-order valence-electron chi connectivity index (χ3n) is 7.24. The van der Waals surface area contributed by atoms with Gasteiger partial charge in [0.05, 0.1) is 12.2 Å². The number of carboxylic acid groups (broad SMARTS) is 1. The molecule has 2 aliphatic rings. The normalized spacial score (nSPS) is 30.2. The molecule has 1 saturated heterocycles. The number of hydrogen-bond acceptors (Lipinski definition) is 5. The number of unbranched alkanes of at least 4 members (excludes halogenated alkanes) is 1. The van der Waals surface area contributed by atoms with Crippen LogP contribution in [0.3, 0.4) is 0 Å². The molecule has 6 nitrogen and oxygen atoms in total. The summed E-state index contributed by atoms with van der Waals surface area (Å²) < 4.78 is 18.7. The highest BCUT2D eigenvalue weighted by Gasteiger charge is 2.46. The van der Waals surface area contributed by atoms with Crippen molar-refractivity contribution in [2.24, 2.45) is 11.8 Å². The first-order valence-electron chi connectivity index (χ1n) is 12.0. The number of aliphatic carboxylic acids is 1. The van der Waals surface area contributed by atoms with Crippen LogP contribution in [0.5, 0.6) is 0 Å². The van der Waals surface area contributed by atoms with Gasteiger partial charge in [-0.05, 0) is 62.6 Å². The van der Waals surface area contributed by atoms with Crippen molar-refractivity contribution >= 4 is 14.3 Å². The lowest BCUT2D eigenvalue weighted by Gasteiger charge is -2.38. The van der Waals surface area contributed by atoms with Crippen LogP contribution in [0.4, 0.5) is 0 Å². The Morgan fingerprint density at radius 3 is 2.55 bits per heavy atom. The first-order chi connectivity index (χ1) is 14.5. The molecule has 0 amide bonds. The summed E-state index contributed by atoms with van der Waals surface area (Å²) in [6.45, 7) is 12.6. The van der Waals surface area contributed by atoms with Crippen LogP contribution in [0.1, 0.15) is 72.1 Å². The summed E-state index contributed by atoms with van der Waals surface area (Å²) in [6, 6.07) is 0. The zero-order chi connectivity index (χ0) is 23.1. The second-order valence-corrected chi connectivity index (χ2v) is 15.5. The van der Waals surface area contributed by atoms with Gasteiger partial charge in [-0.1, -0.05) is 32.9 Å². The van der Waals surface area contributed by atoms with Crippen molar-refractivity contribution in [1.82, 2.24) is 0 Å². The van der Waals surface area contributed by atoms with Crippen LogP contribution in [0.25, 0.3) is 0 Å². The van der Waals surface area contributed by atoms with Gasteiger partial charge in [0.1, 0.15) is 0 Å². The molecule has 0 aromatic heterocycles. The minimum absolute atomic E-state index is 0.0618. The zero-order valence-electron chi connectivity index (χ0n) is 20.1. The molecule has 2 unspecified atom stereocenters. The van der Waals surface area contributed by atoms with E-state index in [1.54, 1.807) is 0 Å². The molecule has 0 aromatic rings. The molecular weight excluding hydrogens is 412 g/mol. The molecule has 180 valence electrons. The topological polar surface area (TPSA) is 85.2 Å². The maximum atomic E-state index is 10.8. The summed E-state index contributed by atoms with van der Waals surface area (Å²) in [5, 5.41) is 19.7. The van der Waals surface area contributed by atoms with Crippen LogP contribution in [0.2, 0.25) is 18.1 Å². The summed E-state index contributed by atoms with van der Waals surface area (Å²) in [7, 11) is -1.91. The number of aliphatic hydroxyl groups is 1. The van der Waals surface area contributed by atoms with E-state index in [1.165, 1.54) is 0 Å². The molecule has 2 fully saturated rings. The monoisotopic (exact) mass is 456 g/mol. The van der Waals surface area contributed by atoms with Crippen molar-refractivity contribution in [3.63, 3.8) is 0 Å². The van der Waals surface area contributed by atoms with E-state index in [1.807, 2.05) is 6.08 Å². The Morgan fingerprint density at radius 1 is 1.19 bits per heavy atom. The van der Waals surface area contributed by atoms with Gasteiger partial charge in [0.25, 0.3) is 0 Å². The second-order valence-electron chi connectivity index (χ2n) is 10.7. The fourth-order valence-electron chi connectivity index (χ4n) is 4.14. The number of ether oxygens (including phenoxy) is 2. The average molecular weight is 457 g/mol. The average Bonchev–Trinajstić information content (AvgIpc) is 2.97. The molecule has 0 aromatic carbocycles. The largest absolute Gasteiger partial charge is 0.481 e. The lowest BCUT2D eigenvalue weighted by molar-refractivity contribution is -0.197. The number of hydrogen-bond donors (Lipinski definition) is 2. The van der Waals surface area contributed by atoms with Gasteiger partial charge in [-0.2, -0.15) is 0 Å². The van der Waals surface area contributed by atoms with Crippen LogP contribution in [0.15, 0.2) is 12.2 Å². The molecule has 5 atom stereocenters. The highest BCUT2D eigenvalue weighted by Crippen LogP contribution is 2.42. The second kappa shape index (κ2) is 11.9. The van der Waals surface area contributed by atoms with Gasteiger partial charge in [0.15, 0.2) is 14.6 Å². The van der Waals surface area contributed by atoms with Crippen LogP contribution in [-0.4, -0.2) is 56.2 Å². The Balaban J connectivity index is 2.01. The van der Waals surface area contributed by atoms with Crippen LogP contribution < -0.4 is 0 Å². The molecular formula is C24H44O6Si. The standard InChI is InChI=1S/C24H44O6Si/c1-24(2,3)31(4,5)29-17-19-18(12-8-6-7-9-13-22(26)27)20(25)16-21(19)30-23-14-10-11-15-28-23/h6,8,18-21,23,25H,7,9-17H2,1-5H3,(H,26,27)/b8-6-/t18-,19-,20?,21-,23?/m0/s1. The Bertz CT molecular complexity index is 579. The Labute approximate surface area is 189 Å². The van der Waals surface area contributed by atoms with Crippen molar-refractivity contribution in [3.8, 4) is 0 Å². The first kappa shape index (κ1) is 26.5. The minimum atomic E-state index is -1.91. The fraction of sp³-hybridized carbons (Fsp3) is 0.875. The molecule has 2 N–H and O–H groups in total. The quantitative estimate of drug-likeness (QED) is 0.255. The van der Waals surface area contributed by atoms with Crippen molar-refractivity contribution in [3.05, 3.63) is 12.2 Å². The summed E-state index contributed by atoms with van der Waals surface area (Å²) in [5.74, 6) is -0.556. The number of carbonyl (C=O) groups is 1. The van der Waals surface area contributed by atoms with Crippen molar-refractivity contribution < 1.29 is 28.9 Å². The summed E-state index contributed by atoms with van der Waals surface area (Å²) in [4.78, 5) is 10.7. The maximum absolute atomic E-state index is 10.8. The van der Waals surface area contributed by atoms with Gasteiger partial charge in [-0.15, -0.1) is 0 Å². The number of carboxylic acids is 1. The maximum Gasteiger partial charge on any atom is 0.303 e. The fourth-order valence-corrected chi connectivity index (χ4v) is 5.19. The Kier molecular flexibility index (Phi) is 10.2. The zero-order valence-corrected chi connectivity index (χ0v) is 21.1. The lowest BCUT2D eigenvalue weighted by atomic mass is 9.91. The third kappa shape index (κ3) is 8.28. The van der Waals surface area contributed by atoms with Gasteiger partial charge < -0.3 is 24.1 Å². The smallest absolute Gasteiger partial charge is 0.303 e. The van der Waals surface area contributed by atoms with Crippen LogP contribution >= 0.6 is 0 Å². The molecule has 1 heterocycles. The van der Waals surface area contributed by atoms with E-state index in [2.05, 4.69) is 39.9 Å². The summed E-state index contributed by atoms with van der Waals surface area (Å²) in [6.07, 6.45) is 9.53. The minimum Gasteiger partial charge on any atom is -0.481 e. The van der Waals surface area contributed by atoms with Gasteiger partial charge in [0, 0.05) is 32.0 Å². The van der Waals surface area contributed by atoms with Crippen molar-refractivity contribution in [2.45, 2.75) is 109 Å². The van der Waals surface area contributed by atoms with Gasteiger partial charge >= 0.3 is 5.97 Å². The summed E-state index contributed by atoms with van der Waals surface area (Å²) >= 11 is 0. The van der Waals surface area contributed by atoms with E-state index in [4.69, 9.17) is 19.0 Å². The van der Waals surface area contributed by atoms with Gasteiger partial charge in [-0.25, -0.2) is 0 Å². The van der Waals surface area contributed by atoms with Crippen molar-refractivity contribution in [1.29, 1.82) is 0 Å². The Hall–Kier alpha value is -0.733. The molecule has 1 saturated carbocycles. The molecule has 0 radical (unpaired) electrons. The highest BCUT2D eigenvalue weighted by atomic mass is 28.4. The van der Waals surface area contributed by atoms with Gasteiger partial charge in [-0.3, -0.25) is 4.79 Å². The first-order valence-corrected chi connectivity index (χ1v) is 14.9. The third-order valence-corrected chi connectivity index (χ3v) is 11.7. The van der Waals surface area contributed by atoms with Gasteiger partial charge in [0.2, 0.25) is 0 Å². The van der Waals surface area contributed by atoms with E-state index in [9.17, 15) is 9.90 Å². The Morgan fingerprint density at radius 2 is 1.94 bits per heavy atom. The number of allylic oxidation sites excluding steroid dienone is 2. The predicted octanol–water partition coefficient (Wildman–Crippen LogP) is 5.12. The number of aliphatic hydroxyl groups excluding tert-OH is 1. The highest BCUT2D eigenvalue weighted by molar-refractivity contribution is 6.74. The molecule has 0 bridgehead atoms. The molecule has 0 spiro atoms. The summed E-state index contributed by atoms with van der Waals surface area (Å²) in [5.41, 5.74) is 0. The predicted molar refractivity (Wildman–Crippen MR) is 124 cm³/mol. The van der Waals surface area contributed by atoms with Crippen LogP contribution in [0, 0.1) is 11.8 Å².